The average Bonchev–Trinajstić information content (AvgIpc) is 3.34. The fraction of sp³-hybridized carbons (Fsp3) is 0.0303. The lowest BCUT2D eigenvalue weighted by Gasteiger charge is -2.36. The van der Waals surface area contributed by atoms with Gasteiger partial charge in [0.2, 0.25) is 17.8 Å². The Balaban J connectivity index is 1.33. The number of hydrogen-bond acceptors (Lipinski definition) is 8. The largest absolute Gasteiger partial charge is 0.455 e. The van der Waals surface area contributed by atoms with Gasteiger partial charge in [0.1, 0.15) is 17.1 Å². The predicted octanol–water partition coefficient (Wildman–Crippen LogP) is 6.20. The van der Waals surface area contributed by atoms with Gasteiger partial charge in [-0.3, -0.25) is 9.97 Å². The van der Waals surface area contributed by atoms with E-state index in [0.717, 1.165) is 0 Å². The quantitative estimate of drug-likeness (QED) is 0.246. The van der Waals surface area contributed by atoms with E-state index in [-0.39, 0.29) is 22.8 Å². The maximum atomic E-state index is 15.6. The monoisotopic (exact) mass is 585 g/mol. The third-order valence-corrected chi connectivity index (χ3v) is 7.84. The minimum absolute atomic E-state index is 0.111. The molecule has 0 amide bonds. The Bertz CT molecular complexity index is 2190. The van der Waals surface area contributed by atoms with Crippen LogP contribution in [0.5, 0.6) is 11.5 Å². The molecule has 8 nitrogen and oxygen atoms in total. The lowest BCUT2D eigenvalue weighted by Crippen LogP contribution is -2.30. The van der Waals surface area contributed by atoms with Crippen molar-refractivity contribution in [1.82, 2.24) is 24.9 Å². The molecule has 212 valence electrons. The van der Waals surface area contributed by atoms with Crippen LogP contribution in [0.2, 0.25) is 0 Å². The number of hydrogen-bond donors (Lipinski definition) is 1. The van der Waals surface area contributed by atoms with Crippen LogP contribution in [0.1, 0.15) is 22.3 Å². The number of fused-ring (bicyclic) bond motifs is 6. The molecule has 0 fully saturated rings. The second-order valence-corrected chi connectivity index (χ2v) is 10.3. The van der Waals surface area contributed by atoms with Crippen molar-refractivity contribution in [1.29, 1.82) is 0 Å². The van der Waals surface area contributed by atoms with Crippen LogP contribution in [0.15, 0.2) is 103 Å². The molecule has 0 radical (unpaired) electrons. The van der Waals surface area contributed by atoms with Gasteiger partial charge in [-0.05, 0) is 60.2 Å². The zero-order valence-electron chi connectivity index (χ0n) is 22.5. The minimum Gasteiger partial charge on any atom is -0.455 e. The highest BCUT2D eigenvalue weighted by atomic mass is 19.1. The highest BCUT2D eigenvalue weighted by Crippen LogP contribution is 2.56. The van der Waals surface area contributed by atoms with Crippen molar-refractivity contribution >= 4 is 5.84 Å². The van der Waals surface area contributed by atoms with E-state index < -0.39 is 23.4 Å². The molecule has 6 aromatic rings. The minimum atomic E-state index is -1.26. The van der Waals surface area contributed by atoms with Gasteiger partial charge in [0, 0.05) is 64.2 Å². The summed E-state index contributed by atoms with van der Waals surface area (Å²) in [5.74, 6) is -0.996. The number of halogens is 3. The fourth-order valence-corrected chi connectivity index (χ4v) is 5.85. The van der Waals surface area contributed by atoms with E-state index in [2.05, 4.69) is 24.9 Å². The van der Waals surface area contributed by atoms with E-state index in [0.29, 0.717) is 50.4 Å². The molecule has 5 aromatic heterocycles. The number of pyridine rings is 5. The Hall–Kier alpha value is -5.97. The van der Waals surface area contributed by atoms with Crippen LogP contribution in [0.4, 0.5) is 13.2 Å². The highest BCUT2D eigenvalue weighted by Gasteiger charge is 2.49. The van der Waals surface area contributed by atoms with Crippen LogP contribution >= 0.6 is 0 Å². The van der Waals surface area contributed by atoms with Gasteiger partial charge in [-0.25, -0.2) is 19.9 Å². The molecule has 2 aliphatic heterocycles. The molecule has 7 heterocycles. The van der Waals surface area contributed by atoms with Crippen molar-refractivity contribution in [2.24, 2.45) is 10.7 Å². The Morgan fingerprint density at radius 3 is 2.36 bits per heavy atom. The number of aromatic nitrogens is 5. The molecule has 1 atom stereocenters. The van der Waals surface area contributed by atoms with Crippen molar-refractivity contribution < 1.29 is 17.9 Å². The third-order valence-electron chi connectivity index (χ3n) is 7.84. The van der Waals surface area contributed by atoms with Gasteiger partial charge >= 0.3 is 0 Å². The first-order valence-corrected chi connectivity index (χ1v) is 13.5. The Kier molecular flexibility index (Phi) is 5.57. The summed E-state index contributed by atoms with van der Waals surface area (Å²) >= 11 is 0. The van der Waals surface area contributed by atoms with E-state index in [1.807, 2.05) is 0 Å². The van der Waals surface area contributed by atoms with Crippen molar-refractivity contribution in [3.8, 4) is 45.1 Å². The van der Waals surface area contributed by atoms with E-state index in [4.69, 9.17) is 15.5 Å². The number of amidine groups is 1. The van der Waals surface area contributed by atoms with Crippen molar-refractivity contribution in [3.05, 3.63) is 138 Å². The molecule has 0 saturated heterocycles. The summed E-state index contributed by atoms with van der Waals surface area (Å²) in [5, 5.41) is 0. The van der Waals surface area contributed by atoms with E-state index in [1.54, 1.807) is 67.0 Å². The lowest BCUT2D eigenvalue weighted by molar-refractivity contribution is 0.422. The molecule has 1 spiro atoms. The van der Waals surface area contributed by atoms with Crippen molar-refractivity contribution in [2.45, 2.75) is 5.54 Å². The summed E-state index contributed by atoms with van der Waals surface area (Å²) in [4.78, 5) is 25.2. The van der Waals surface area contributed by atoms with E-state index in [9.17, 15) is 8.78 Å². The van der Waals surface area contributed by atoms with Crippen LogP contribution in [-0.4, -0.2) is 30.8 Å². The standard InChI is InChI=1S/C33H18F3N7O/c34-29-13-18(7-11-39-29)25-5-4-21(31(36)42-25)26-14-23-28(16-41-26)44-27-6-3-17(19-2-1-9-40-30(19)35)12-22(27)33(23)24-15-38-10-8-20(24)32(37)43-33/h1-16H,(H2,37,43)/t33-/m1/s1. The molecule has 0 aliphatic carbocycles. The molecule has 11 heteroatoms. The molecule has 44 heavy (non-hydrogen) atoms. The molecule has 2 N–H and O–H groups in total. The highest BCUT2D eigenvalue weighted by molar-refractivity contribution is 6.03. The number of nitrogens with zero attached hydrogens (tertiary/aromatic N) is 6. The van der Waals surface area contributed by atoms with Crippen LogP contribution in [0.3, 0.4) is 0 Å². The second-order valence-electron chi connectivity index (χ2n) is 10.3. The molecule has 0 unspecified atom stereocenters. The molecular weight excluding hydrogens is 567 g/mol. The average molecular weight is 586 g/mol. The van der Waals surface area contributed by atoms with Gasteiger partial charge < -0.3 is 10.5 Å². The second kappa shape index (κ2) is 9.53. The maximum Gasteiger partial charge on any atom is 0.222 e. The topological polar surface area (TPSA) is 112 Å². The van der Waals surface area contributed by atoms with Gasteiger partial charge in [0.05, 0.1) is 23.1 Å². The number of nitrogens with two attached hydrogens (primary N) is 1. The third kappa shape index (κ3) is 3.79. The SMILES string of the molecule is NC1=N[C@@]2(c3cc(-c4cccnc4F)ccc3Oc3cnc(-c4ccc(-c5ccnc(F)c5)nc4F)cc32)c2cnccc21. The maximum absolute atomic E-state index is 15.6. The zero-order chi connectivity index (χ0) is 30.0. The zero-order valence-corrected chi connectivity index (χ0v) is 22.5. The molecule has 8 rings (SSSR count). The Morgan fingerprint density at radius 2 is 1.52 bits per heavy atom. The summed E-state index contributed by atoms with van der Waals surface area (Å²) in [6, 6.07) is 17.8. The summed E-state index contributed by atoms with van der Waals surface area (Å²) < 4.78 is 50.3. The molecule has 2 aliphatic rings. The van der Waals surface area contributed by atoms with Crippen LogP contribution in [0.25, 0.3) is 33.6 Å². The van der Waals surface area contributed by atoms with Gasteiger partial charge in [-0.2, -0.15) is 13.2 Å². The van der Waals surface area contributed by atoms with Gasteiger partial charge in [0.25, 0.3) is 0 Å². The number of aliphatic imine (C=N–C) groups is 1. The van der Waals surface area contributed by atoms with Gasteiger partial charge in [-0.1, -0.05) is 6.07 Å². The molecule has 0 saturated carbocycles. The first kappa shape index (κ1) is 25.7. The van der Waals surface area contributed by atoms with Crippen LogP contribution in [-0.2, 0) is 5.54 Å². The Labute approximate surface area is 247 Å². The number of rotatable bonds is 3. The normalized spacial score (nSPS) is 16.1. The number of ether oxygens (including phenoxy) is 1. The smallest absolute Gasteiger partial charge is 0.222 e. The van der Waals surface area contributed by atoms with Crippen LogP contribution < -0.4 is 10.5 Å². The first-order valence-electron chi connectivity index (χ1n) is 13.5. The Morgan fingerprint density at radius 1 is 0.636 bits per heavy atom. The molecule has 1 aromatic carbocycles. The van der Waals surface area contributed by atoms with Crippen molar-refractivity contribution in [2.75, 3.05) is 0 Å². The summed E-state index contributed by atoms with van der Waals surface area (Å²) in [6.07, 6.45) is 7.47. The summed E-state index contributed by atoms with van der Waals surface area (Å²) in [5.41, 5.74) is 9.55. The molecular formula is C33H18F3N7O. The first-order chi connectivity index (χ1) is 21.4. The van der Waals surface area contributed by atoms with Gasteiger partial charge in [-0.15, -0.1) is 0 Å². The molecule has 0 bridgehead atoms. The van der Waals surface area contributed by atoms with Gasteiger partial charge in [0.15, 0.2) is 5.75 Å². The summed E-state index contributed by atoms with van der Waals surface area (Å²) in [6.45, 7) is 0. The van der Waals surface area contributed by atoms with E-state index in [1.165, 1.54) is 30.7 Å². The number of benzene rings is 1. The summed E-state index contributed by atoms with van der Waals surface area (Å²) in [7, 11) is 0. The van der Waals surface area contributed by atoms with Crippen LogP contribution in [0, 0.1) is 17.8 Å². The fourth-order valence-electron chi connectivity index (χ4n) is 5.85. The van der Waals surface area contributed by atoms with Crippen molar-refractivity contribution in [3.63, 3.8) is 0 Å². The lowest BCUT2D eigenvalue weighted by atomic mass is 9.75. The predicted molar refractivity (Wildman–Crippen MR) is 155 cm³/mol. The van der Waals surface area contributed by atoms with E-state index >= 15 is 4.39 Å².